The van der Waals surface area contributed by atoms with Gasteiger partial charge in [0.1, 0.15) is 5.75 Å². The van der Waals surface area contributed by atoms with Gasteiger partial charge in [-0.15, -0.1) is 0 Å². The highest BCUT2D eigenvalue weighted by Gasteiger charge is 2.00. The molecule has 0 aliphatic carbocycles. The molecule has 0 amide bonds. The first kappa shape index (κ1) is 11.6. The van der Waals surface area contributed by atoms with Crippen LogP contribution in [0.3, 0.4) is 0 Å². The van der Waals surface area contributed by atoms with Crippen LogP contribution >= 0.6 is 11.8 Å². The molecule has 0 fully saturated rings. The molecule has 0 aromatic heterocycles. The summed E-state index contributed by atoms with van der Waals surface area (Å²) >= 11 is 1.62. The van der Waals surface area contributed by atoms with Gasteiger partial charge in [0.25, 0.3) is 0 Å². The van der Waals surface area contributed by atoms with Crippen LogP contribution in [-0.4, -0.2) is 7.11 Å². The summed E-state index contributed by atoms with van der Waals surface area (Å²) in [4.78, 5) is 5.58. The average Bonchev–Trinajstić information content (AvgIpc) is 2.39. The van der Waals surface area contributed by atoms with Crippen LogP contribution in [0.1, 0.15) is 0 Å². The van der Waals surface area contributed by atoms with E-state index in [0.29, 0.717) is 5.69 Å². The fourth-order valence-corrected chi connectivity index (χ4v) is 2.34. The molecule has 17 heavy (non-hydrogen) atoms. The molecule has 0 unspecified atom stereocenters. The average molecular weight is 241 g/mol. The Hall–Kier alpha value is -1.92. The van der Waals surface area contributed by atoms with Gasteiger partial charge in [-0.2, -0.15) is 0 Å². The lowest BCUT2D eigenvalue weighted by atomic mass is 10.3. The summed E-state index contributed by atoms with van der Waals surface area (Å²) in [5, 5.41) is 0. The molecule has 3 heteroatoms. The maximum atomic E-state index is 6.98. The van der Waals surface area contributed by atoms with Gasteiger partial charge in [0.15, 0.2) is 5.69 Å². The van der Waals surface area contributed by atoms with Crippen molar-refractivity contribution in [3.8, 4) is 5.75 Å². The second-order valence-electron chi connectivity index (χ2n) is 3.39. The van der Waals surface area contributed by atoms with Crippen molar-refractivity contribution in [2.45, 2.75) is 9.79 Å². The van der Waals surface area contributed by atoms with Crippen molar-refractivity contribution in [1.82, 2.24) is 0 Å². The summed E-state index contributed by atoms with van der Waals surface area (Å²) in [6.07, 6.45) is 0. The molecule has 0 spiro atoms. The van der Waals surface area contributed by atoms with Crippen molar-refractivity contribution < 1.29 is 4.74 Å². The second-order valence-corrected chi connectivity index (χ2v) is 4.54. The van der Waals surface area contributed by atoms with Gasteiger partial charge in [-0.25, -0.2) is 4.85 Å². The van der Waals surface area contributed by atoms with Gasteiger partial charge < -0.3 is 4.74 Å². The maximum absolute atomic E-state index is 6.98. The molecule has 0 bridgehead atoms. The van der Waals surface area contributed by atoms with Crippen LogP contribution in [0.5, 0.6) is 5.75 Å². The van der Waals surface area contributed by atoms with Gasteiger partial charge >= 0.3 is 0 Å². The van der Waals surface area contributed by atoms with Crippen molar-refractivity contribution in [3.63, 3.8) is 0 Å². The normalized spacial score (nSPS) is 9.65. The monoisotopic (exact) mass is 241 g/mol. The molecule has 2 aromatic rings. The molecule has 2 aromatic carbocycles. The Morgan fingerprint density at radius 1 is 1.06 bits per heavy atom. The quantitative estimate of drug-likeness (QED) is 0.739. The first-order chi connectivity index (χ1) is 8.31. The first-order valence-electron chi connectivity index (χ1n) is 5.11. The lowest BCUT2D eigenvalue weighted by Crippen LogP contribution is -1.82. The Bertz CT molecular complexity index is 560. The number of nitrogens with zero attached hydrogens (tertiary/aromatic N) is 1. The zero-order valence-corrected chi connectivity index (χ0v) is 10.2. The first-order valence-corrected chi connectivity index (χ1v) is 5.93. The van der Waals surface area contributed by atoms with E-state index in [9.17, 15) is 0 Å². The Balaban J connectivity index is 2.22. The molecular formula is C14H11NOS. The van der Waals surface area contributed by atoms with E-state index in [0.717, 1.165) is 15.5 Å². The van der Waals surface area contributed by atoms with E-state index >= 15 is 0 Å². The van der Waals surface area contributed by atoms with Crippen LogP contribution in [0.15, 0.2) is 58.3 Å². The molecule has 84 valence electrons. The highest BCUT2D eigenvalue weighted by molar-refractivity contribution is 7.99. The summed E-state index contributed by atoms with van der Waals surface area (Å²) in [5.74, 6) is 0.844. The van der Waals surface area contributed by atoms with Crippen LogP contribution in [0.25, 0.3) is 4.85 Å². The summed E-state index contributed by atoms with van der Waals surface area (Å²) in [5.41, 5.74) is 0.665. The van der Waals surface area contributed by atoms with Gasteiger partial charge in [-0.1, -0.05) is 36.0 Å². The molecule has 0 radical (unpaired) electrons. The Morgan fingerprint density at radius 3 is 2.47 bits per heavy atom. The molecule has 0 N–H and O–H groups in total. The van der Waals surface area contributed by atoms with Gasteiger partial charge in [0, 0.05) is 9.79 Å². The number of hydrogen-bond donors (Lipinski definition) is 0. The van der Waals surface area contributed by atoms with Gasteiger partial charge in [0.05, 0.1) is 13.7 Å². The topological polar surface area (TPSA) is 13.6 Å². The van der Waals surface area contributed by atoms with Crippen molar-refractivity contribution in [2.24, 2.45) is 0 Å². The predicted octanol–water partition coefficient (Wildman–Crippen LogP) is 4.40. The van der Waals surface area contributed by atoms with Crippen molar-refractivity contribution in [1.29, 1.82) is 0 Å². The maximum Gasteiger partial charge on any atom is 0.188 e. The molecule has 2 nitrogen and oxygen atoms in total. The number of ether oxygens (including phenoxy) is 1. The van der Waals surface area contributed by atoms with Gasteiger partial charge in [-0.3, -0.25) is 0 Å². The molecular weight excluding hydrogens is 230 g/mol. The molecule has 0 saturated carbocycles. The van der Waals surface area contributed by atoms with Crippen LogP contribution < -0.4 is 4.74 Å². The molecule has 0 atom stereocenters. The molecule has 0 aliphatic heterocycles. The number of benzene rings is 2. The highest BCUT2D eigenvalue weighted by atomic mass is 32.2. The van der Waals surface area contributed by atoms with Crippen LogP contribution in [-0.2, 0) is 0 Å². The van der Waals surface area contributed by atoms with Crippen LogP contribution in [0.4, 0.5) is 5.69 Å². The Kier molecular flexibility index (Phi) is 3.69. The zero-order valence-electron chi connectivity index (χ0n) is 9.38. The molecule has 0 heterocycles. The van der Waals surface area contributed by atoms with Crippen LogP contribution in [0, 0.1) is 6.57 Å². The highest BCUT2D eigenvalue weighted by Crippen LogP contribution is 2.31. The summed E-state index contributed by atoms with van der Waals surface area (Å²) < 4.78 is 5.18. The minimum atomic E-state index is 0.665. The minimum Gasteiger partial charge on any atom is -0.497 e. The van der Waals surface area contributed by atoms with E-state index in [1.807, 2.05) is 48.5 Å². The third-order valence-corrected chi connectivity index (χ3v) is 3.20. The number of rotatable bonds is 3. The van der Waals surface area contributed by atoms with E-state index < -0.39 is 0 Å². The summed E-state index contributed by atoms with van der Waals surface area (Å²) in [7, 11) is 1.66. The fraction of sp³-hybridized carbons (Fsp3) is 0.0714. The van der Waals surface area contributed by atoms with Gasteiger partial charge in [0.2, 0.25) is 0 Å². The van der Waals surface area contributed by atoms with E-state index in [-0.39, 0.29) is 0 Å². The standard InChI is InChI=1S/C14H11NOS/c1-15-11-5-3-7-13(9-11)17-14-8-4-6-12(10-14)16-2/h3-10H,2H3. The van der Waals surface area contributed by atoms with E-state index in [2.05, 4.69) is 4.85 Å². The summed E-state index contributed by atoms with van der Waals surface area (Å²) in [6.45, 7) is 6.98. The largest absolute Gasteiger partial charge is 0.497 e. The van der Waals surface area contributed by atoms with Crippen molar-refractivity contribution in [2.75, 3.05) is 7.11 Å². The Labute approximate surface area is 105 Å². The van der Waals surface area contributed by atoms with Crippen molar-refractivity contribution >= 4 is 17.4 Å². The van der Waals surface area contributed by atoms with E-state index in [1.54, 1.807) is 18.9 Å². The van der Waals surface area contributed by atoms with Crippen molar-refractivity contribution in [3.05, 3.63) is 59.9 Å². The third kappa shape index (κ3) is 3.02. The molecule has 0 aliphatic rings. The second kappa shape index (κ2) is 5.42. The lowest BCUT2D eigenvalue weighted by molar-refractivity contribution is 0.413. The number of hydrogen-bond acceptors (Lipinski definition) is 2. The molecule has 0 saturated heterocycles. The van der Waals surface area contributed by atoms with E-state index in [4.69, 9.17) is 11.3 Å². The summed E-state index contributed by atoms with van der Waals surface area (Å²) in [6, 6.07) is 15.5. The minimum absolute atomic E-state index is 0.665. The third-order valence-electron chi connectivity index (χ3n) is 2.22. The SMILES string of the molecule is [C-]#[N+]c1cccc(Sc2cccc(OC)c2)c1. The molecule has 2 rings (SSSR count). The fourth-order valence-electron chi connectivity index (χ4n) is 1.42. The lowest BCUT2D eigenvalue weighted by Gasteiger charge is -2.04. The van der Waals surface area contributed by atoms with Gasteiger partial charge in [-0.05, 0) is 24.3 Å². The smallest absolute Gasteiger partial charge is 0.188 e. The zero-order chi connectivity index (χ0) is 12.1. The number of methoxy groups -OCH3 is 1. The van der Waals surface area contributed by atoms with Crippen LogP contribution in [0.2, 0.25) is 0 Å². The predicted molar refractivity (Wildman–Crippen MR) is 69.8 cm³/mol. The van der Waals surface area contributed by atoms with E-state index in [1.165, 1.54) is 0 Å². The Morgan fingerprint density at radius 2 is 1.76 bits per heavy atom.